The highest BCUT2D eigenvalue weighted by atomic mass is 35.5. The third kappa shape index (κ3) is 6.23. The van der Waals surface area contributed by atoms with Crippen LogP contribution in [0.5, 0.6) is 0 Å². The lowest BCUT2D eigenvalue weighted by Crippen LogP contribution is -2.61. The number of carbonyl (C=O) groups is 2. The summed E-state index contributed by atoms with van der Waals surface area (Å²) in [6.07, 6.45) is 2.35. The van der Waals surface area contributed by atoms with E-state index in [2.05, 4.69) is 20.4 Å². The molecule has 41 heavy (non-hydrogen) atoms. The van der Waals surface area contributed by atoms with Gasteiger partial charge in [0.1, 0.15) is 11.4 Å². The lowest BCUT2D eigenvalue weighted by atomic mass is 9.93. The summed E-state index contributed by atoms with van der Waals surface area (Å²) >= 11 is 12.3. The number of anilines is 2. The largest absolute Gasteiger partial charge is 0.365 e. The fraction of sp³-hybridized carbons (Fsp3) is 0.179. The molecule has 0 atom stereocenters. The number of hydrogen-bond donors (Lipinski definition) is 3. The van der Waals surface area contributed by atoms with E-state index in [1.165, 1.54) is 16.6 Å². The van der Waals surface area contributed by atoms with E-state index in [1.807, 2.05) is 48.5 Å². The van der Waals surface area contributed by atoms with Crippen molar-refractivity contribution >= 4 is 56.5 Å². The molecule has 13 heteroatoms. The molecule has 1 aliphatic rings. The summed E-state index contributed by atoms with van der Waals surface area (Å²) in [5.74, 6) is -1.26. The van der Waals surface area contributed by atoms with Crippen molar-refractivity contribution in [3.63, 3.8) is 0 Å². The molecule has 0 spiro atoms. The van der Waals surface area contributed by atoms with Gasteiger partial charge in [0.25, 0.3) is 11.8 Å². The first kappa shape index (κ1) is 28.6. The molecule has 1 aliphatic heterocycles. The van der Waals surface area contributed by atoms with Gasteiger partial charge in [-0.15, -0.1) is 0 Å². The number of likely N-dealkylation sites (tertiary alicyclic amines) is 1. The summed E-state index contributed by atoms with van der Waals surface area (Å²) in [6, 6.07) is 20.9. The van der Waals surface area contributed by atoms with Crippen LogP contribution in [0.25, 0.3) is 0 Å². The molecule has 10 nitrogen and oxygen atoms in total. The van der Waals surface area contributed by atoms with Crippen molar-refractivity contribution in [2.24, 2.45) is 5.73 Å². The Bertz CT molecular complexity index is 1640. The van der Waals surface area contributed by atoms with E-state index in [1.54, 1.807) is 18.2 Å². The van der Waals surface area contributed by atoms with Crippen LogP contribution in [0.2, 0.25) is 10.0 Å². The molecule has 5 rings (SSSR count). The Hall–Kier alpha value is -3.90. The molecule has 1 fully saturated rings. The summed E-state index contributed by atoms with van der Waals surface area (Å²) < 4.78 is 27.4. The van der Waals surface area contributed by atoms with Crippen molar-refractivity contribution in [1.29, 1.82) is 0 Å². The number of carbonyl (C=O) groups excluding carboxylic acids is 2. The zero-order valence-corrected chi connectivity index (χ0v) is 24.1. The standard InChI is InChI=1S/C28H26Cl2N6O4S/c1-41(39,40)36(22-4-2-3-19(13-22)28(38)33-27-24(26(31)37)14-32-34-27)23-15-35(16-23)25(17-5-9-20(29)10-6-17)18-7-11-21(30)12-8-18/h2-14,23,25H,15-16H2,1H3,(H2,31,37)(H2,32,33,34,38). The minimum Gasteiger partial charge on any atom is -0.365 e. The lowest BCUT2D eigenvalue weighted by molar-refractivity contribution is 0.100. The van der Waals surface area contributed by atoms with Crippen molar-refractivity contribution in [2.75, 3.05) is 29.0 Å². The maximum absolute atomic E-state index is 13.0. The van der Waals surface area contributed by atoms with Crippen LogP contribution < -0.4 is 15.4 Å². The van der Waals surface area contributed by atoms with Crippen molar-refractivity contribution in [3.8, 4) is 0 Å². The molecule has 2 heterocycles. The number of H-pyrrole nitrogens is 1. The summed E-state index contributed by atoms with van der Waals surface area (Å²) in [6.45, 7) is 0.880. The van der Waals surface area contributed by atoms with Crippen molar-refractivity contribution in [1.82, 2.24) is 15.1 Å². The average molecular weight is 614 g/mol. The number of hydrogen-bond acceptors (Lipinski definition) is 6. The number of nitrogens with one attached hydrogen (secondary N) is 2. The Morgan fingerprint density at radius 1 is 1.02 bits per heavy atom. The summed E-state index contributed by atoms with van der Waals surface area (Å²) in [4.78, 5) is 26.7. The Morgan fingerprint density at radius 2 is 1.61 bits per heavy atom. The van der Waals surface area contributed by atoms with Crippen LogP contribution in [0, 0.1) is 0 Å². The molecule has 4 aromatic rings. The van der Waals surface area contributed by atoms with Gasteiger partial charge in [0, 0.05) is 28.7 Å². The van der Waals surface area contributed by atoms with Gasteiger partial charge in [-0.05, 0) is 53.6 Å². The van der Waals surface area contributed by atoms with E-state index in [-0.39, 0.29) is 29.0 Å². The highest BCUT2D eigenvalue weighted by Crippen LogP contribution is 2.36. The lowest BCUT2D eigenvalue weighted by Gasteiger charge is -2.48. The zero-order valence-electron chi connectivity index (χ0n) is 21.8. The van der Waals surface area contributed by atoms with Gasteiger partial charge in [0.2, 0.25) is 10.0 Å². The molecule has 0 aliphatic carbocycles. The Morgan fingerprint density at radius 3 is 2.15 bits per heavy atom. The number of halogens is 2. The van der Waals surface area contributed by atoms with E-state index in [9.17, 15) is 18.0 Å². The number of amides is 2. The van der Waals surface area contributed by atoms with Gasteiger partial charge in [0.05, 0.1) is 30.2 Å². The van der Waals surface area contributed by atoms with Gasteiger partial charge in [-0.3, -0.25) is 23.9 Å². The molecule has 3 aromatic carbocycles. The second-order valence-electron chi connectivity index (χ2n) is 9.70. The molecule has 2 amide bonds. The van der Waals surface area contributed by atoms with Crippen LogP contribution >= 0.6 is 23.2 Å². The zero-order chi connectivity index (χ0) is 29.3. The first-order valence-corrected chi connectivity index (χ1v) is 15.1. The highest BCUT2D eigenvalue weighted by Gasteiger charge is 2.40. The number of aromatic amines is 1. The number of aromatic nitrogens is 2. The molecule has 1 aromatic heterocycles. The Kier molecular flexibility index (Phi) is 8.05. The van der Waals surface area contributed by atoms with Crippen LogP contribution in [0.15, 0.2) is 79.0 Å². The number of sulfonamides is 1. The predicted octanol–water partition coefficient (Wildman–Crippen LogP) is 4.31. The summed E-state index contributed by atoms with van der Waals surface area (Å²) in [5.41, 5.74) is 7.90. The van der Waals surface area contributed by atoms with Gasteiger partial charge in [-0.2, -0.15) is 5.10 Å². The first-order chi connectivity index (χ1) is 19.5. The summed E-state index contributed by atoms with van der Waals surface area (Å²) in [5, 5.41) is 10.1. The molecule has 1 saturated heterocycles. The third-order valence-corrected chi connectivity index (χ3v) is 8.55. The van der Waals surface area contributed by atoms with E-state index in [0.29, 0.717) is 28.8 Å². The molecule has 0 saturated carbocycles. The van der Waals surface area contributed by atoms with Crippen LogP contribution in [0.3, 0.4) is 0 Å². The smallest absolute Gasteiger partial charge is 0.256 e. The monoisotopic (exact) mass is 612 g/mol. The van der Waals surface area contributed by atoms with E-state index >= 15 is 0 Å². The number of rotatable bonds is 9. The quantitative estimate of drug-likeness (QED) is 0.257. The maximum atomic E-state index is 13.0. The first-order valence-electron chi connectivity index (χ1n) is 12.5. The normalized spacial score (nSPS) is 14.0. The molecule has 0 bridgehead atoms. The predicted molar refractivity (Wildman–Crippen MR) is 159 cm³/mol. The second kappa shape index (κ2) is 11.5. The van der Waals surface area contributed by atoms with Crippen LogP contribution in [-0.4, -0.2) is 60.7 Å². The Balaban J connectivity index is 1.39. The van der Waals surface area contributed by atoms with Gasteiger partial charge in [-0.25, -0.2) is 8.42 Å². The fourth-order valence-corrected chi connectivity index (χ4v) is 6.39. The minimum atomic E-state index is -3.72. The molecular weight excluding hydrogens is 587 g/mol. The second-order valence-corrected chi connectivity index (χ2v) is 12.4. The molecule has 0 radical (unpaired) electrons. The SMILES string of the molecule is CS(=O)(=O)N(c1cccc(C(=O)Nc2[nH]ncc2C(N)=O)c1)C1CN(C(c2ccc(Cl)cc2)c2ccc(Cl)cc2)C1. The van der Waals surface area contributed by atoms with Gasteiger partial charge in [0.15, 0.2) is 0 Å². The third-order valence-electron chi connectivity index (χ3n) is 6.82. The Labute approximate surface area is 247 Å². The molecule has 212 valence electrons. The maximum Gasteiger partial charge on any atom is 0.256 e. The van der Waals surface area contributed by atoms with Crippen LogP contribution in [0.4, 0.5) is 11.5 Å². The fourth-order valence-electron chi connectivity index (χ4n) is 4.96. The van der Waals surface area contributed by atoms with Crippen LogP contribution in [-0.2, 0) is 10.0 Å². The van der Waals surface area contributed by atoms with E-state index < -0.39 is 21.8 Å². The van der Waals surface area contributed by atoms with Gasteiger partial charge in [-0.1, -0.05) is 53.5 Å². The topological polar surface area (TPSA) is 141 Å². The minimum absolute atomic E-state index is 0.0257. The molecule has 4 N–H and O–H groups in total. The molecular formula is C28H26Cl2N6O4S. The van der Waals surface area contributed by atoms with Crippen molar-refractivity contribution < 1.29 is 18.0 Å². The highest BCUT2D eigenvalue weighted by molar-refractivity contribution is 7.92. The van der Waals surface area contributed by atoms with Crippen molar-refractivity contribution in [2.45, 2.75) is 12.1 Å². The van der Waals surface area contributed by atoms with Gasteiger partial charge >= 0.3 is 0 Å². The van der Waals surface area contributed by atoms with Gasteiger partial charge < -0.3 is 11.1 Å². The molecule has 0 unspecified atom stereocenters. The average Bonchev–Trinajstić information content (AvgIpc) is 3.37. The van der Waals surface area contributed by atoms with E-state index in [4.69, 9.17) is 28.9 Å². The van der Waals surface area contributed by atoms with E-state index in [0.717, 1.165) is 17.4 Å². The van der Waals surface area contributed by atoms with Crippen LogP contribution in [0.1, 0.15) is 37.9 Å². The number of benzene rings is 3. The number of nitrogens with zero attached hydrogens (tertiary/aromatic N) is 3. The number of primary amides is 1. The van der Waals surface area contributed by atoms with Crippen molar-refractivity contribution in [3.05, 3.63) is 111 Å². The number of nitrogens with two attached hydrogens (primary N) is 1. The summed E-state index contributed by atoms with van der Waals surface area (Å²) in [7, 11) is -3.72.